The largest absolute Gasteiger partial charge is 0.494 e. The van der Waals surface area contributed by atoms with Crippen LogP contribution in [0.3, 0.4) is 0 Å². The van der Waals surface area contributed by atoms with E-state index in [9.17, 15) is 8.42 Å². The zero-order valence-corrected chi connectivity index (χ0v) is 16.9. The Hall–Kier alpha value is -2.23. The standard InChI is InChI=1S/C19H24N4O4S/c1-3-27-18-5-4-16(10-14(18)2)28(24,25)23-12-15-11-20-19(21-17(15)13-23)22-6-8-26-9-7-22/h4-5,10-11H,3,6-9,12-13H2,1-2H3. The average Bonchev–Trinajstić information content (AvgIpc) is 3.14. The van der Waals surface area contributed by atoms with Gasteiger partial charge in [0, 0.05) is 31.4 Å². The van der Waals surface area contributed by atoms with Crippen LogP contribution in [0.2, 0.25) is 0 Å². The molecule has 0 saturated carbocycles. The van der Waals surface area contributed by atoms with E-state index in [-0.39, 0.29) is 18.0 Å². The third-order valence-corrected chi connectivity index (χ3v) is 6.78. The summed E-state index contributed by atoms with van der Waals surface area (Å²) in [5.41, 5.74) is 2.42. The van der Waals surface area contributed by atoms with Gasteiger partial charge in [0.2, 0.25) is 16.0 Å². The van der Waals surface area contributed by atoms with Crippen molar-refractivity contribution in [1.82, 2.24) is 14.3 Å². The highest BCUT2D eigenvalue weighted by atomic mass is 32.2. The number of benzene rings is 1. The van der Waals surface area contributed by atoms with Gasteiger partial charge in [0.1, 0.15) is 5.75 Å². The van der Waals surface area contributed by atoms with E-state index < -0.39 is 10.0 Å². The van der Waals surface area contributed by atoms with Crippen LogP contribution in [0, 0.1) is 6.92 Å². The number of hydrogen-bond acceptors (Lipinski definition) is 7. The predicted molar refractivity (Wildman–Crippen MR) is 104 cm³/mol. The van der Waals surface area contributed by atoms with E-state index in [2.05, 4.69) is 14.9 Å². The molecule has 4 rings (SSSR count). The maximum Gasteiger partial charge on any atom is 0.243 e. The molecule has 8 nitrogen and oxygen atoms in total. The zero-order chi connectivity index (χ0) is 19.7. The molecule has 0 amide bonds. The lowest BCUT2D eigenvalue weighted by Gasteiger charge is -2.26. The number of aryl methyl sites for hydroxylation is 1. The summed E-state index contributed by atoms with van der Waals surface area (Å²) in [5, 5.41) is 0. The molecule has 2 aliphatic rings. The van der Waals surface area contributed by atoms with Crippen molar-refractivity contribution in [2.75, 3.05) is 37.8 Å². The summed E-state index contributed by atoms with van der Waals surface area (Å²) >= 11 is 0. The monoisotopic (exact) mass is 404 g/mol. The van der Waals surface area contributed by atoms with Crippen LogP contribution in [0.4, 0.5) is 5.95 Å². The molecule has 0 unspecified atom stereocenters. The number of aromatic nitrogens is 2. The number of hydrogen-bond donors (Lipinski definition) is 0. The van der Waals surface area contributed by atoms with Gasteiger partial charge in [-0.2, -0.15) is 4.31 Å². The minimum atomic E-state index is -3.62. The van der Waals surface area contributed by atoms with Gasteiger partial charge in [-0.1, -0.05) is 0 Å². The van der Waals surface area contributed by atoms with Gasteiger partial charge < -0.3 is 14.4 Å². The summed E-state index contributed by atoms with van der Waals surface area (Å²) in [7, 11) is -3.62. The Morgan fingerprint density at radius 2 is 2.00 bits per heavy atom. The molecule has 0 bridgehead atoms. The number of morpholine rings is 1. The van der Waals surface area contributed by atoms with Crippen molar-refractivity contribution < 1.29 is 17.9 Å². The number of ether oxygens (including phenoxy) is 2. The summed E-state index contributed by atoms with van der Waals surface area (Å²) in [6.45, 7) is 7.62. The molecule has 0 atom stereocenters. The summed E-state index contributed by atoms with van der Waals surface area (Å²) in [6.07, 6.45) is 1.74. The smallest absolute Gasteiger partial charge is 0.243 e. The highest BCUT2D eigenvalue weighted by Gasteiger charge is 2.32. The van der Waals surface area contributed by atoms with Crippen molar-refractivity contribution in [2.24, 2.45) is 0 Å². The molecular formula is C19H24N4O4S. The zero-order valence-electron chi connectivity index (χ0n) is 16.1. The van der Waals surface area contributed by atoms with Gasteiger partial charge in [0.25, 0.3) is 0 Å². The van der Waals surface area contributed by atoms with Crippen molar-refractivity contribution in [3.8, 4) is 5.75 Å². The maximum absolute atomic E-state index is 13.1. The first-order valence-electron chi connectivity index (χ1n) is 9.40. The average molecular weight is 404 g/mol. The molecule has 28 heavy (non-hydrogen) atoms. The summed E-state index contributed by atoms with van der Waals surface area (Å²) in [6, 6.07) is 4.97. The van der Waals surface area contributed by atoms with E-state index in [4.69, 9.17) is 9.47 Å². The fourth-order valence-electron chi connectivity index (χ4n) is 3.45. The molecule has 1 aromatic heterocycles. The predicted octanol–water partition coefficient (Wildman–Crippen LogP) is 1.72. The fraction of sp³-hybridized carbons (Fsp3) is 0.474. The van der Waals surface area contributed by atoms with Crippen molar-refractivity contribution in [2.45, 2.75) is 31.8 Å². The van der Waals surface area contributed by atoms with Crippen LogP contribution in [-0.2, 0) is 27.8 Å². The van der Waals surface area contributed by atoms with Crippen molar-refractivity contribution >= 4 is 16.0 Å². The SMILES string of the molecule is CCOc1ccc(S(=O)(=O)N2Cc3cnc(N4CCOCC4)nc3C2)cc1C. The third-order valence-electron chi connectivity index (χ3n) is 4.99. The lowest BCUT2D eigenvalue weighted by Crippen LogP contribution is -2.37. The maximum atomic E-state index is 13.1. The molecule has 2 aromatic rings. The molecule has 3 heterocycles. The Balaban J connectivity index is 1.55. The van der Waals surface area contributed by atoms with Crippen molar-refractivity contribution in [1.29, 1.82) is 0 Å². The molecular weight excluding hydrogens is 380 g/mol. The quantitative estimate of drug-likeness (QED) is 0.750. The van der Waals surface area contributed by atoms with Gasteiger partial charge in [-0.3, -0.25) is 0 Å². The molecule has 2 aliphatic heterocycles. The number of sulfonamides is 1. The molecule has 1 saturated heterocycles. The Labute approximate surface area is 165 Å². The van der Waals surface area contributed by atoms with E-state index in [0.717, 1.165) is 29.9 Å². The van der Waals surface area contributed by atoms with E-state index in [1.807, 2.05) is 13.8 Å². The second kappa shape index (κ2) is 7.65. The van der Waals surface area contributed by atoms with Gasteiger partial charge in [-0.05, 0) is 37.6 Å². The van der Waals surface area contributed by atoms with Crippen LogP contribution >= 0.6 is 0 Å². The van der Waals surface area contributed by atoms with E-state index >= 15 is 0 Å². The van der Waals surface area contributed by atoms with E-state index in [1.165, 1.54) is 4.31 Å². The molecule has 150 valence electrons. The van der Waals surface area contributed by atoms with Gasteiger partial charge in [-0.15, -0.1) is 0 Å². The topological polar surface area (TPSA) is 84.9 Å². The van der Waals surface area contributed by atoms with Crippen LogP contribution in [-0.4, -0.2) is 55.6 Å². The highest BCUT2D eigenvalue weighted by Crippen LogP contribution is 2.30. The van der Waals surface area contributed by atoms with Gasteiger partial charge in [0.05, 0.1) is 37.0 Å². The third kappa shape index (κ3) is 3.57. The molecule has 9 heteroatoms. The van der Waals surface area contributed by atoms with Crippen molar-refractivity contribution in [3.05, 3.63) is 41.2 Å². The molecule has 0 N–H and O–H groups in total. The summed E-state index contributed by atoms with van der Waals surface area (Å²) in [4.78, 5) is 11.4. The van der Waals surface area contributed by atoms with Crippen LogP contribution in [0.5, 0.6) is 5.75 Å². The first-order valence-corrected chi connectivity index (χ1v) is 10.8. The molecule has 0 spiro atoms. The minimum Gasteiger partial charge on any atom is -0.494 e. The highest BCUT2D eigenvalue weighted by molar-refractivity contribution is 7.89. The number of nitrogens with zero attached hydrogens (tertiary/aromatic N) is 4. The normalized spacial score (nSPS) is 17.6. The first-order chi connectivity index (χ1) is 13.5. The second-order valence-corrected chi connectivity index (χ2v) is 8.81. The molecule has 0 radical (unpaired) electrons. The lowest BCUT2D eigenvalue weighted by molar-refractivity contribution is 0.122. The molecule has 1 aromatic carbocycles. The van der Waals surface area contributed by atoms with Crippen LogP contribution in [0.15, 0.2) is 29.3 Å². The van der Waals surface area contributed by atoms with Gasteiger partial charge >= 0.3 is 0 Å². The Kier molecular flexibility index (Phi) is 5.22. The van der Waals surface area contributed by atoms with Crippen molar-refractivity contribution in [3.63, 3.8) is 0 Å². The summed E-state index contributed by atoms with van der Waals surface area (Å²) < 4.78 is 38.6. The Morgan fingerprint density at radius 3 is 2.71 bits per heavy atom. The Bertz CT molecular complexity index is 974. The van der Waals surface area contributed by atoms with E-state index in [1.54, 1.807) is 24.4 Å². The molecule has 1 fully saturated rings. The second-order valence-electron chi connectivity index (χ2n) is 6.87. The number of anilines is 1. The minimum absolute atomic E-state index is 0.254. The number of rotatable bonds is 5. The van der Waals surface area contributed by atoms with Gasteiger partial charge in [-0.25, -0.2) is 18.4 Å². The van der Waals surface area contributed by atoms with E-state index in [0.29, 0.717) is 31.5 Å². The van der Waals surface area contributed by atoms with Crippen LogP contribution < -0.4 is 9.64 Å². The number of fused-ring (bicyclic) bond motifs is 1. The Morgan fingerprint density at radius 1 is 1.21 bits per heavy atom. The summed E-state index contributed by atoms with van der Waals surface area (Å²) in [5.74, 6) is 1.34. The van der Waals surface area contributed by atoms with Crippen LogP contribution in [0.25, 0.3) is 0 Å². The first kappa shape index (κ1) is 19.1. The fourth-order valence-corrected chi connectivity index (χ4v) is 4.91. The van der Waals surface area contributed by atoms with Gasteiger partial charge in [0.15, 0.2) is 0 Å². The lowest BCUT2D eigenvalue weighted by atomic mass is 10.2. The van der Waals surface area contributed by atoms with Crippen LogP contribution in [0.1, 0.15) is 23.7 Å². The molecule has 0 aliphatic carbocycles.